The zero-order valence-electron chi connectivity index (χ0n) is 69.1. The molecule has 0 bridgehead atoms. The van der Waals surface area contributed by atoms with Crippen LogP contribution in [0.3, 0.4) is 0 Å². The Labute approximate surface area is 700 Å². The zero-order chi connectivity index (χ0) is 84.5. The second kappa shape index (κ2) is 41.0. The number of phosphoric ester groups is 1. The van der Waals surface area contributed by atoms with Gasteiger partial charge in [0.1, 0.15) is 67.1 Å². The number of imidazole rings is 2. The number of hydrogen-bond acceptors (Lipinski definition) is 25. The van der Waals surface area contributed by atoms with Crippen LogP contribution in [-0.2, 0) is 62.9 Å². The number of carbonyl (C=O) groups is 3. The standard InChI is InChI=1S/C88H106N14O16P2/c1-57(2)27-37-65(103)38-30-60-28-31-61(32-29-60)86(105)98-83-81-85(94-54-92-83)101(56-96-81)79-49-74(75(115-79)51-111-88(62-20-11-10-12-21-62,63-33-39-66(108-8)40-34-63)64-35-41-67(109-9)42-36-64)118-120(107,113-47-19-44-90)114-52-76-73(117-119(112-46-18-43-89)102(58(3)4)59(5)6)48-78(116-76)100-55-95-80-82(91-53-93-84(80)100)97-77(104)26-17-45-99(7)87(106)110-50-72-70-24-15-13-22-68(70)69-23-14-16-25-71(69)72/h10-16,20-25,28-29,31-36,39-42,53-59,65,72-76,78-79,103H,17-19,26-27,30,37-38,44-52,90H2,1-9H3,(H,91,93,97,104)(H,92,94,98,105)/t65?,73?,74?,75?,76?,78?,79-,119?,120?/m1/s1. The summed E-state index contributed by atoms with van der Waals surface area (Å²) in [5.41, 5.74) is 13.9. The van der Waals surface area contributed by atoms with Gasteiger partial charge < -0.3 is 63.8 Å². The number of aromatic nitrogens is 8. The van der Waals surface area contributed by atoms with Crippen LogP contribution in [0.15, 0.2) is 177 Å². The van der Waals surface area contributed by atoms with E-state index in [0.29, 0.717) is 47.9 Å². The number of aliphatic hydroxyl groups is 1. The number of nitriles is 1. The maximum Gasteiger partial charge on any atom is 0.475 e. The monoisotopic (exact) mass is 1680 g/mol. The third kappa shape index (κ3) is 20.9. The highest BCUT2D eigenvalue weighted by Gasteiger charge is 2.49. The molecule has 8 unspecified atom stereocenters. The van der Waals surface area contributed by atoms with Crippen molar-refractivity contribution < 1.29 is 75.1 Å². The summed E-state index contributed by atoms with van der Waals surface area (Å²) >= 11 is 0. The number of phosphoric acid groups is 1. The van der Waals surface area contributed by atoms with Gasteiger partial charge in [-0.2, -0.15) is 5.26 Å². The fourth-order valence-corrected chi connectivity index (χ4v) is 18.6. The van der Waals surface area contributed by atoms with Crippen LogP contribution in [0.25, 0.3) is 33.5 Å². The summed E-state index contributed by atoms with van der Waals surface area (Å²) in [5.74, 6) is 1.09. The number of nitrogens with one attached hydrogen (secondary N) is 2. The number of aryl methyl sites for hydroxylation is 1. The molecular weight excluding hydrogens is 1570 g/mol. The molecule has 9 atom stereocenters. The smallest absolute Gasteiger partial charge is 0.475 e. The van der Waals surface area contributed by atoms with Gasteiger partial charge in [0.2, 0.25) is 5.91 Å². The maximum atomic E-state index is 16.2. The molecule has 10 aromatic rings. The number of hydrogen-bond donors (Lipinski definition) is 4. The van der Waals surface area contributed by atoms with E-state index >= 15 is 4.57 Å². The molecule has 4 aromatic heterocycles. The van der Waals surface area contributed by atoms with Crippen LogP contribution in [0.5, 0.6) is 11.5 Å². The van der Waals surface area contributed by atoms with Crippen molar-refractivity contribution in [2.24, 2.45) is 11.7 Å². The van der Waals surface area contributed by atoms with Crippen LogP contribution in [0.2, 0.25) is 0 Å². The van der Waals surface area contributed by atoms with Gasteiger partial charge in [-0.3, -0.25) is 32.3 Å². The Kier molecular flexibility index (Phi) is 30.0. The van der Waals surface area contributed by atoms with E-state index in [1.165, 1.54) is 30.2 Å². The van der Waals surface area contributed by atoms with Crippen molar-refractivity contribution in [3.05, 3.63) is 216 Å². The number of ether oxygens (including phenoxy) is 6. The molecule has 0 radical (unpaired) electrons. The van der Waals surface area contributed by atoms with E-state index in [9.17, 15) is 24.8 Å². The van der Waals surface area contributed by atoms with Crippen LogP contribution in [0, 0.1) is 17.2 Å². The molecule has 13 rings (SSSR count). The number of nitrogens with two attached hydrogens (primary N) is 1. The molecule has 6 aromatic carbocycles. The van der Waals surface area contributed by atoms with Crippen molar-refractivity contribution in [2.75, 3.05) is 78.0 Å². The average Bonchev–Trinajstić information content (AvgIpc) is 0.774. The SMILES string of the molecule is COc1ccc(C(OCC2O[C@@H](n3cnc4c(NC(=O)c5ccc(CCC(O)CCC(C)C)cc5)ncnc43)CC2OP(=O)(OCCCN)OCC2OC(n3cnc4c(NC(=O)CCCN(C)C(=O)OCC5c6ccccc6-c6ccccc65)ncnc43)CC2OP(OCCC#N)N(C(C)C)C(C)C)(c2ccccc2)c2ccc(OC)cc2)cc1. The molecule has 3 aliphatic rings. The Morgan fingerprint density at radius 2 is 1.23 bits per heavy atom. The molecule has 2 fully saturated rings. The molecule has 0 saturated carbocycles. The summed E-state index contributed by atoms with van der Waals surface area (Å²) in [6.07, 6.45) is 2.43. The molecule has 30 nitrogen and oxygen atoms in total. The number of fused-ring (bicyclic) bond motifs is 5. The molecule has 120 heavy (non-hydrogen) atoms. The van der Waals surface area contributed by atoms with Crippen molar-refractivity contribution in [1.82, 2.24) is 48.6 Å². The lowest BCUT2D eigenvalue weighted by Gasteiger charge is -2.37. The minimum Gasteiger partial charge on any atom is -0.497 e. The lowest BCUT2D eigenvalue weighted by molar-refractivity contribution is -0.116. The van der Waals surface area contributed by atoms with Gasteiger partial charge in [-0.25, -0.2) is 43.9 Å². The van der Waals surface area contributed by atoms with E-state index in [-0.39, 0.29) is 124 Å². The number of rotatable bonds is 42. The Balaban J connectivity index is 0.771. The molecule has 5 N–H and O–H groups in total. The molecule has 3 amide bonds. The average molecular weight is 1680 g/mol. The second-order valence-corrected chi connectivity index (χ2v) is 33.9. The summed E-state index contributed by atoms with van der Waals surface area (Å²) in [5, 5.41) is 26.2. The van der Waals surface area contributed by atoms with Crippen molar-refractivity contribution in [1.29, 1.82) is 5.26 Å². The molecule has 2 saturated heterocycles. The van der Waals surface area contributed by atoms with Crippen LogP contribution in [0.1, 0.15) is 161 Å². The number of amides is 3. The molecule has 2 aliphatic heterocycles. The number of benzene rings is 6. The lowest BCUT2D eigenvalue weighted by atomic mass is 9.80. The predicted molar refractivity (Wildman–Crippen MR) is 452 cm³/mol. The van der Waals surface area contributed by atoms with Gasteiger partial charge in [-0.15, -0.1) is 0 Å². The van der Waals surface area contributed by atoms with E-state index in [4.69, 9.17) is 66.7 Å². The first kappa shape index (κ1) is 87.7. The highest BCUT2D eigenvalue weighted by Crippen LogP contribution is 2.56. The summed E-state index contributed by atoms with van der Waals surface area (Å²) in [4.78, 5) is 70.4. The first-order valence-corrected chi connectivity index (χ1v) is 43.4. The number of nitrogens with zero attached hydrogens (tertiary/aromatic N) is 11. The van der Waals surface area contributed by atoms with Crippen LogP contribution < -0.4 is 25.8 Å². The van der Waals surface area contributed by atoms with E-state index in [2.05, 4.69) is 79.4 Å². The van der Waals surface area contributed by atoms with E-state index in [0.717, 1.165) is 57.3 Å². The fraction of sp³-hybridized carbons (Fsp3) is 0.432. The minimum absolute atomic E-state index is 0.0272. The van der Waals surface area contributed by atoms with Gasteiger partial charge >= 0.3 is 13.9 Å². The van der Waals surface area contributed by atoms with Gasteiger partial charge in [0.25, 0.3) is 14.4 Å². The lowest BCUT2D eigenvalue weighted by Crippen LogP contribution is -2.38. The zero-order valence-corrected chi connectivity index (χ0v) is 70.9. The van der Waals surface area contributed by atoms with Crippen LogP contribution in [0.4, 0.5) is 16.4 Å². The maximum absolute atomic E-state index is 16.2. The van der Waals surface area contributed by atoms with E-state index in [1.807, 2.05) is 143 Å². The van der Waals surface area contributed by atoms with Gasteiger partial charge in [-0.05, 0) is 160 Å². The third-order valence-electron chi connectivity index (χ3n) is 21.6. The summed E-state index contributed by atoms with van der Waals surface area (Å²) in [6.45, 7) is 12.1. The number of carbonyl (C=O) groups excluding carboxylic acids is 3. The van der Waals surface area contributed by atoms with Gasteiger partial charge in [0, 0.05) is 56.4 Å². The molecule has 634 valence electrons. The summed E-state index contributed by atoms with van der Waals surface area (Å²) in [7, 11) is -1.92. The van der Waals surface area contributed by atoms with Crippen LogP contribution in [-0.4, -0.2) is 182 Å². The third-order valence-corrected chi connectivity index (χ3v) is 25.2. The minimum atomic E-state index is -4.83. The van der Waals surface area contributed by atoms with Gasteiger partial charge in [0.15, 0.2) is 34.0 Å². The van der Waals surface area contributed by atoms with Crippen LogP contribution >= 0.6 is 16.3 Å². The van der Waals surface area contributed by atoms with Crippen molar-refractivity contribution in [3.63, 3.8) is 0 Å². The topological polar surface area (TPSA) is 358 Å². The van der Waals surface area contributed by atoms with Gasteiger partial charge in [0.05, 0.1) is 78.0 Å². The Hall–Kier alpha value is -10.1. The molecular formula is C88H106N14O16P2. The molecule has 0 spiro atoms. The fourth-order valence-electron chi connectivity index (χ4n) is 15.4. The van der Waals surface area contributed by atoms with E-state index < -0.39 is 83.5 Å². The number of aliphatic hydroxyl groups excluding tert-OH is 1. The Bertz CT molecular complexity index is 5060. The van der Waals surface area contributed by atoms with Crippen molar-refractivity contribution in [2.45, 2.75) is 172 Å². The van der Waals surface area contributed by atoms with Crippen molar-refractivity contribution >= 4 is 68.2 Å². The predicted octanol–water partition coefficient (Wildman–Crippen LogP) is 15.4. The highest BCUT2D eigenvalue weighted by atomic mass is 31.2. The Morgan fingerprint density at radius 3 is 1.81 bits per heavy atom. The summed E-state index contributed by atoms with van der Waals surface area (Å²) in [6, 6.07) is 50.4. The summed E-state index contributed by atoms with van der Waals surface area (Å²) < 4.78 is 94.0. The first-order chi connectivity index (χ1) is 58.2. The highest BCUT2D eigenvalue weighted by molar-refractivity contribution is 7.48. The molecule has 6 heterocycles. The number of anilines is 2. The number of methoxy groups -OCH3 is 2. The normalized spacial score (nSPS) is 18.2. The quantitative estimate of drug-likeness (QED) is 0.0157. The molecule has 32 heteroatoms. The Morgan fingerprint density at radius 1 is 0.667 bits per heavy atom. The largest absolute Gasteiger partial charge is 0.497 e. The van der Waals surface area contributed by atoms with E-state index in [1.54, 1.807) is 42.5 Å². The first-order valence-electron chi connectivity index (χ1n) is 40.8. The van der Waals surface area contributed by atoms with Gasteiger partial charge in [-0.1, -0.05) is 129 Å². The molecule has 1 aliphatic carbocycles. The second-order valence-electron chi connectivity index (χ2n) is 30.9. The van der Waals surface area contributed by atoms with Crippen molar-refractivity contribution in [3.8, 4) is 28.7 Å².